The molecule has 160 valence electrons. The van der Waals surface area contributed by atoms with Crippen molar-refractivity contribution in [3.05, 3.63) is 54.2 Å². The zero-order valence-electron chi connectivity index (χ0n) is 16.0. The van der Waals surface area contributed by atoms with Crippen LogP contribution in [0, 0.1) is 0 Å². The van der Waals surface area contributed by atoms with Crippen LogP contribution in [0.4, 0.5) is 13.2 Å². The number of carboxylic acid groups (broad SMARTS) is 1. The summed E-state index contributed by atoms with van der Waals surface area (Å²) in [4.78, 5) is 10.7. The molecule has 0 amide bonds. The van der Waals surface area contributed by atoms with Crippen molar-refractivity contribution in [2.45, 2.75) is 31.0 Å². The lowest BCUT2D eigenvalue weighted by Crippen LogP contribution is -2.30. The highest BCUT2D eigenvalue weighted by Crippen LogP contribution is 2.39. The van der Waals surface area contributed by atoms with E-state index in [0.29, 0.717) is 5.75 Å². The summed E-state index contributed by atoms with van der Waals surface area (Å²) in [7, 11) is 0. The maximum Gasteiger partial charge on any atom is 0.395 e. The average molecular weight is 437 g/mol. The molecule has 0 saturated carbocycles. The molecule has 4 N–H and O–H groups in total. The minimum atomic E-state index is -4.35. The molecule has 30 heavy (non-hydrogen) atoms. The topological polar surface area (TPSA) is 92.0 Å². The molecule has 5 nitrogen and oxygen atoms in total. The summed E-state index contributed by atoms with van der Waals surface area (Å²) in [6, 6.07) is 11.2. The lowest BCUT2D eigenvalue weighted by Gasteiger charge is -2.21. The predicted molar refractivity (Wildman–Crippen MR) is 112 cm³/mol. The van der Waals surface area contributed by atoms with E-state index < -0.39 is 24.1 Å². The van der Waals surface area contributed by atoms with E-state index in [1.54, 1.807) is 18.3 Å². The Morgan fingerprint density at radius 2 is 1.77 bits per heavy atom. The van der Waals surface area contributed by atoms with E-state index >= 15 is 0 Å². The number of aromatic nitrogens is 2. The first-order chi connectivity index (χ1) is 14.3. The maximum absolute atomic E-state index is 13.6. The van der Waals surface area contributed by atoms with Crippen molar-refractivity contribution in [3.8, 4) is 11.1 Å². The number of fused-ring (bicyclic) bond motifs is 1. The van der Waals surface area contributed by atoms with Gasteiger partial charge in [-0.15, -0.1) is 0 Å². The molecule has 2 atom stereocenters. The molecule has 0 aliphatic heterocycles. The van der Waals surface area contributed by atoms with Crippen molar-refractivity contribution in [1.82, 2.24) is 10.2 Å². The van der Waals surface area contributed by atoms with Gasteiger partial charge in [-0.05, 0) is 47.1 Å². The smallest absolute Gasteiger partial charge is 0.395 e. The number of hydrogen-bond acceptors (Lipinski definition) is 4. The molecule has 0 aliphatic rings. The number of carbonyl (C=O) groups is 1. The summed E-state index contributed by atoms with van der Waals surface area (Å²) in [5, 5.41) is 16.6. The lowest BCUT2D eigenvalue weighted by molar-refractivity contribution is -0.150. The quantitative estimate of drug-likeness (QED) is 0.418. The Morgan fingerprint density at radius 1 is 1.10 bits per heavy atom. The largest absolute Gasteiger partial charge is 0.480 e. The second kappa shape index (κ2) is 9.53. The summed E-state index contributed by atoms with van der Waals surface area (Å²) < 4.78 is 40.8. The Labute approximate surface area is 175 Å². The zero-order valence-corrected chi connectivity index (χ0v) is 16.8. The number of benzene rings is 2. The molecule has 2 aromatic carbocycles. The van der Waals surface area contributed by atoms with Crippen molar-refractivity contribution in [2.75, 3.05) is 11.5 Å². The Kier molecular flexibility index (Phi) is 7.04. The number of hydrogen-bond donors (Lipinski definition) is 3. The van der Waals surface area contributed by atoms with Crippen LogP contribution in [0.3, 0.4) is 0 Å². The van der Waals surface area contributed by atoms with Crippen LogP contribution in [0.2, 0.25) is 0 Å². The van der Waals surface area contributed by atoms with Crippen LogP contribution < -0.4 is 5.73 Å². The number of nitrogens with one attached hydrogen (secondary N) is 1. The first kappa shape index (κ1) is 22.2. The highest BCUT2D eigenvalue weighted by atomic mass is 32.2. The fourth-order valence-electron chi connectivity index (χ4n) is 3.18. The predicted octanol–water partition coefficient (Wildman–Crippen LogP) is 4.80. The molecule has 3 aromatic rings. The number of thioether (sulfide) groups is 1. The van der Waals surface area contributed by atoms with Gasteiger partial charge < -0.3 is 10.8 Å². The summed E-state index contributed by atoms with van der Waals surface area (Å²) >= 11 is 1.29. The third-order valence-electron chi connectivity index (χ3n) is 4.92. The number of aliphatic carboxylic acids is 1. The molecular formula is C21H22F3N3O2S. The standard InChI is InChI=1S/C21H22F3N3O2S/c22-21(23,24)17(7-9-30-10-8-18(25)20(28)29)14-3-1-13(2-4-14)15-5-6-16-12-26-27-19(16)11-15/h1-6,11-12,17-18H,7-10,25H2,(H,26,27)(H,28,29). The van der Waals surface area contributed by atoms with Gasteiger partial charge in [-0.25, -0.2) is 0 Å². The van der Waals surface area contributed by atoms with Crippen molar-refractivity contribution in [3.63, 3.8) is 0 Å². The first-order valence-corrected chi connectivity index (χ1v) is 10.6. The monoisotopic (exact) mass is 437 g/mol. The van der Waals surface area contributed by atoms with E-state index in [-0.39, 0.29) is 24.2 Å². The number of H-pyrrole nitrogens is 1. The molecule has 9 heteroatoms. The van der Waals surface area contributed by atoms with Gasteiger partial charge in [-0.1, -0.05) is 36.4 Å². The van der Waals surface area contributed by atoms with Crippen LogP contribution in [-0.4, -0.2) is 45.0 Å². The van der Waals surface area contributed by atoms with Gasteiger partial charge in [0.1, 0.15) is 6.04 Å². The molecule has 0 fully saturated rings. The summed E-state index contributed by atoms with van der Waals surface area (Å²) in [6.07, 6.45) is -2.49. The van der Waals surface area contributed by atoms with E-state index in [0.717, 1.165) is 22.0 Å². The second-order valence-corrected chi connectivity index (χ2v) is 8.25. The van der Waals surface area contributed by atoms with Crippen LogP contribution in [0.25, 0.3) is 22.0 Å². The van der Waals surface area contributed by atoms with Gasteiger partial charge in [0.15, 0.2) is 0 Å². The molecular weight excluding hydrogens is 415 g/mol. The number of rotatable bonds is 9. The number of carboxylic acids is 1. The summed E-state index contributed by atoms with van der Waals surface area (Å²) in [5.41, 5.74) is 8.21. The average Bonchev–Trinajstić information content (AvgIpc) is 3.17. The molecule has 2 unspecified atom stereocenters. The normalized spacial score (nSPS) is 14.0. The summed E-state index contributed by atoms with van der Waals surface area (Å²) in [5.74, 6) is -1.99. The van der Waals surface area contributed by atoms with Gasteiger partial charge in [0.05, 0.1) is 17.6 Å². The molecule has 0 radical (unpaired) electrons. The van der Waals surface area contributed by atoms with Crippen molar-refractivity contribution < 1.29 is 23.1 Å². The van der Waals surface area contributed by atoms with Gasteiger partial charge in [0, 0.05) is 5.39 Å². The van der Waals surface area contributed by atoms with Crippen LogP contribution in [-0.2, 0) is 4.79 Å². The summed E-state index contributed by atoms with van der Waals surface area (Å²) in [6.45, 7) is 0. The third kappa shape index (κ3) is 5.54. The SMILES string of the molecule is NC(CCSCCC(c1ccc(-c2ccc3cn[nH]c3c2)cc1)C(F)(F)F)C(=O)O. The highest BCUT2D eigenvalue weighted by Gasteiger charge is 2.40. The molecule has 3 rings (SSSR count). The number of alkyl halides is 3. The highest BCUT2D eigenvalue weighted by molar-refractivity contribution is 7.99. The minimum Gasteiger partial charge on any atom is -0.480 e. The van der Waals surface area contributed by atoms with E-state index in [2.05, 4.69) is 10.2 Å². The minimum absolute atomic E-state index is 0.0735. The molecule has 1 heterocycles. The van der Waals surface area contributed by atoms with Gasteiger partial charge >= 0.3 is 12.1 Å². The number of nitrogens with zero attached hydrogens (tertiary/aromatic N) is 1. The molecule has 0 aliphatic carbocycles. The van der Waals surface area contributed by atoms with E-state index in [1.165, 1.54) is 23.9 Å². The van der Waals surface area contributed by atoms with Gasteiger partial charge in [0.25, 0.3) is 0 Å². The van der Waals surface area contributed by atoms with Crippen LogP contribution in [0.5, 0.6) is 0 Å². The van der Waals surface area contributed by atoms with E-state index in [9.17, 15) is 18.0 Å². The molecule has 0 bridgehead atoms. The zero-order chi connectivity index (χ0) is 21.7. The van der Waals surface area contributed by atoms with E-state index in [4.69, 9.17) is 10.8 Å². The van der Waals surface area contributed by atoms with E-state index in [1.807, 2.05) is 18.2 Å². The van der Waals surface area contributed by atoms with Crippen molar-refractivity contribution >= 4 is 28.6 Å². The fourth-order valence-corrected chi connectivity index (χ4v) is 4.21. The third-order valence-corrected chi connectivity index (χ3v) is 5.97. The Bertz CT molecular complexity index is 989. The Balaban J connectivity index is 1.65. The number of aromatic amines is 1. The molecule has 1 aromatic heterocycles. The van der Waals surface area contributed by atoms with Gasteiger partial charge in [0.2, 0.25) is 0 Å². The fraction of sp³-hybridized carbons (Fsp3) is 0.333. The van der Waals surface area contributed by atoms with Crippen molar-refractivity contribution in [1.29, 1.82) is 0 Å². The van der Waals surface area contributed by atoms with Crippen LogP contribution in [0.1, 0.15) is 24.3 Å². The van der Waals surface area contributed by atoms with Gasteiger partial charge in [-0.2, -0.15) is 30.0 Å². The van der Waals surface area contributed by atoms with Crippen molar-refractivity contribution in [2.24, 2.45) is 5.73 Å². The Hall–Kier alpha value is -2.52. The Morgan fingerprint density at radius 3 is 2.43 bits per heavy atom. The lowest BCUT2D eigenvalue weighted by atomic mass is 9.93. The second-order valence-electron chi connectivity index (χ2n) is 7.02. The van der Waals surface area contributed by atoms with Crippen LogP contribution >= 0.6 is 11.8 Å². The number of nitrogens with two attached hydrogens (primary N) is 1. The van der Waals surface area contributed by atoms with Gasteiger partial charge in [-0.3, -0.25) is 9.89 Å². The first-order valence-electron chi connectivity index (χ1n) is 9.42. The van der Waals surface area contributed by atoms with Crippen LogP contribution in [0.15, 0.2) is 48.7 Å². The maximum atomic E-state index is 13.6. The number of halogens is 3. The molecule has 0 spiro atoms. The molecule has 0 saturated heterocycles.